The van der Waals surface area contributed by atoms with Crippen LogP contribution in [0.3, 0.4) is 0 Å². The summed E-state index contributed by atoms with van der Waals surface area (Å²) in [5, 5.41) is 5.73. The topological polar surface area (TPSA) is 71.1 Å². The molecule has 19 heavy (non-hydrogen) atoms. The molecule has 0 aliphatic heterocycles. The summed E-state index contributed by atoms with van der Waals surface area (Å²) in [4.78, 5) is 26.9. The molecule has 2 amide bonds. The van der Waals surface area contributed by atoms with Crippen molar-refractivity contribution >= 4 is 35.0 Å². The van der Waals surface area contributed by atoms with Crippen molar-refractivity contribution in [3.05, 3.63) is 28.0 Å². The van der Waals surface area contributed by atoms with Crippen molar-refractivity contribution in [1.29, 1.82) is 0 Å². The predicted molar refractivity (Wildman–Crippen MR) is 74.5 cm³/mol. The lowest BCUT2D eigenvalue weighted by molar-refractivity contribution is -0.120. The lowest BCUT2D eigenvalue weighted by atomic mass is 10.2. The Hall–Kier alpha value is -1.33. The van der Waals surface area contributed by atoms with E-state index in [2.05, 4.69) is 15.6 Å². The molecule has 0 atom stereocenters. The maximum absolute atomic E-state index is 11.8. The first kappa shape index (κ1) is 15.7. The molecule has 1 aromatic rings. The number of nitrogens with one attached hydrogen (secondary N) is 2. The van der Waals surface area contributed by atoms with E-state index < -0.39 is 0 Å². The molecule has 0 aromatic carbocycles. The zero-order valence-corrected chi connectivity index (χ0v) is 12.0. The second-order valence-corrected chi connectivity index (χ2v) is 4.64. The van der Waals surface area contributed by atoms with E-state index in [1.807, 2.05) is 6.92 Å². The van der Waals surface area contributed by atoms with Gasteiger partial charge in [-0.15, -0.1) is 0 Å². The van der Waals surface area contributed by atoms with E-state index in [4.69, 9.17) is 23.2 Å². The summed E-state index contributed by atoms with van der Waals surface area (Å²) in [6, 6.07) is 1.39. The first-order valence-electron chi connectivity index (χ1n) is 5.90. The lowest BCUT2D eigenvalue weighted by Gasteiger charge is -2.07. The molecule has 2 N–H and O–H groups in total. The number of rotatable bonds is 6. The number of carbonyl (C=O) groups is 2. The fraction of sp³-hybridized carbons (Fsp3) is 0.417. The average molecular weight is 304 g/mol. The van der Waals surface area contributed by atoms with Gasteiger partial charge in [-0.3, -0.25) is 9.59 Å². The molecule has 0 saturated carbocycles. The Morgan fingerprint density at radius 2 is 2.00 bits per heavy atom. The van der Waals surface area contributed by atoms with E-state index in [0.29, 0.717) is 6.54 Å². The minimum absolute atomic E-state index is 0.0963. The van der Waals surface area contributed by atoms with E-state index in [1.165, 1.54) is 12.3 Å². The van der Waals surface area contributed by atoms with Crippen molar-refractivity contribution in [2.75, 3.05) is 13.1 Å². The molecule has 0 bridgehead atoms. The standard InChI is InChI=1S/C12H15Cl2N3O2/c1-2-4-15-11(18)3-5-16-12(19)8-6-10(14)17-7-9(8)13/h6-7H,2-5H2,1H3,(H,15,18)(H,16,19). The number of hydrogen-bond donors (Lipinski definition) is 2. The molecule has 7 heteroatoms. The third-order valence-corrected chi connectivity index (χ3v) is 2.78. The maximum atomic E-state index is 11.8. The quantitative estimate of drug-likeness (QED) is 0.790. The minimum atomic E-state index is -0.377. The van der Waals surface area contributed by atoms with Crippen molar-refractivity contribution in [3.63, 3.8) is 0 Å². The van der Waals surface area contributed by atoms with Gasteiger partial charge in [-0.1, -0.05) is 30.1 Å². The first-order valence-corrected chi connectivity index (χ1v) is 6.66. The molecule has 104 valence electrons. The van der Waals surface area contributed by atoms with Crippen molar-refractivity contribution in [2.24, 2.45) is 0 Å². The highest BCUT2D eigenvalue weighted by atomic mass is 35.5. The van der Waals surface area contributed by atoms with Gasteiger partial charge in [-0.25, -0.2) is 4.98 Å². The van der Waals surface area contributed by atoms with Crippen LogP contribution in [0.4, 0.5) is 0 Å². The normalized spacial score (nSPS) is 10.1. The van der Waals surface area contributed by atoms with Gasteiger partial charge in [-0.2, -0.15) is 0 Å². The largest absolute Gasteiger partial charge is 0.356 e. The Morgan fingerprint density at radius 3 is 2.68 bits per heavy atom. The Balaban J connectivity index is 2.43. The van der Waals surface area contributed by atoms with Crippen molar-refractivity contribution in [1.82, 2.24) is 15.6 Å². The third-order valence-electron chi connectivity index (χ3n) is 2.28. The molecule has 1 heterocycles. The van der Waals surface area contributed by atoms with Crippen LogP contribution in [0.2, 0.25) is 10.2 Å². The van der Waals surface area contributed by atoms with Crippen LogP contribution in [0, 0.1) is 0 Å². The number of carbonyl (C=O) groups excluding carboxylic acids is 2. The van der Waals surface area contributed by atoms with Crippen LogP contribution in [0.15, 0.2) is 12.3 Å². The van der Waals surface area contributed by atoms with E-state index in [9.17, 15) is 9.59 Å². The fourth-order valence-electron chi connectivity index (χ4n) is 1.32. The van der Waals surface area contributed by atoms with Crippen LogP contribution in [0.1, 0.15) is 30.1 Å². The zero-order valence-electron chi connectivity index (χ0n) is 10.5. The Kier molecular flexibility index (Phi) is 6.59. The molecular weight excluding hydrogens is 289 g/mol. The highest BCUT2D eigenvalue weighted by Crippen LogP contribution is 2.17. The summed E-state index contributed by atoms with van der Waals surface area (Å²) in [7, 11) is 0. The van der Waals surface area contributed by atoms with Crippen molar-refractivity contribution < 1.29 is 9.59 Å². The zero-order chi connectivity index (χ0) is 14.3. The van der Waals surface area contributed by atoms with Crippen LogP contribution in [-0.4, -0.2) is 29.9 Å². The van der Waals surface area contributed by atoms with Crippen LogP contribution in [0.25, 0.3) is 0 Å². The highest BCUT2D eigenvalue weighted by molar-refractivity contribution is 6.35. The van der Waals surface area contributed by atoms with Gasteiger partial charge in [0, 0.05) is 25.7 Å². The van der Waals surface area contributed by atoms with E-state index in [-0.39, 0.29) is 40.5 Å². The molecule has 0 saturated heterocycles. The molecule has 5 nitrogen and oxygen atoms in total. The predicted octanol–water partition coefficient (Wildman–Crippen LogP) is 2.03. The summed E-state index contributed by atoms with van der Waals surface area (Å²) >= 11 is 11.5. The van der Waals surface area contributed by atoms with Gasteiger partial charge in [0.15, 0.2) is 0 Å². The number of amides is 2. The molecular formula is C12H15Cl2N3O2. The van der Waals surface area contributed by atoms with Crippen LogP contribution in [0.5, 0.6) is 0 Å². The number of nitrogens with zero attached hydrogens (tertiary/aromatic N) is 1. The van der Waals surface area contributed by atoms with Crippen molar-refractivity contribution in [3.8, 4) is 0 Å². The summed E-state index contributed by atoms with van der Waals surface area (Å²) < 4.78 is 0. The van der Waals surface area contributed by atoms with Crippen LogP contribution in [-0.2, 0) is 4.79 Å². The summed E-state index contributed by atoms with van der Waals surface area (Å²) in [6.45, 7) is 2.85. The van der Waals surface area contributed by atoms with Gasteiger partial charge < -0.3 is 10.6 Å². The van der Waals surface area contributed by atoms with Gasteiger partial charge in [-0.05, 0) is 12.5 Å². The molecule has 0 unspecified atom stereocenters. The van der Waals surface area contributed by atoms with Gasteiger partial charge >= 0.3 is 0 Å². The smallest absolute Gasteiger partial charge is 0.252 e. The molecule has 0 fully saturated rings. The van der Waals surface area contributed by atoms with E-state index in [0.717, 1.165) is 6.42 Å². The summed E-state index contributed by atoms with van der Waals surface area (Å²) in [5.74, 6) is -0.474. The highest BCUT2D eigenvalue weighted by Gasteiger charge is 2.11. The minimum Gasteiger partial charge on any atom is -0.356 e. The van der Waals surface area contributed by atoms with Gasteiger partial charge in [0.25, 0.3) is 5.91 Å². The second-order valence-electron chi connectivity index (χ2n) is 3.84. The molecule has 0 aliphatic carbocycles. The number of pyridine rings is 1. The molecule has 1 rings (SSSR count). The average Bonchev–Trinajstić information content (AvgIpc) is 2.39. The second kappa shape index (κ2) is 7.96. The number of hydrogen-bond acceptors (Lipinski definition) is 3. The van der Waals surface area contributed by atoms with E-state index >= 15 is 0 Å². The summed E-state index contributed by atoms with van der Waals surface area (Å²) in [5.41, 5.74) is 0.246. The Morgan fingerprint density at radius 1 is 1.26 bits per heavy atom. The summed E-state index contributed by atoms with van der Waals surface area (Å²) in [6.07, 6.45) is 2.41. The fourth-order valence-corrected chi connectivity index (χ4v) is 1.67. The monoisotopic (exact) mass is 303 g/mol. The number of aromatic nitrogens is 1. The van der Waals surface area contributed by atoms with Gasteiger partial charge in [0.05, 0.1) is 10.6 Å². The first-order chi connectivity index (χ1) is 9.04. The SMILES string of the molecule is CCCNC(=O)CCNC(=O)c1cc(Cl)ncc1Cl. The van der Waals surface area contributed by atoms with E-state index in [1.54, 1.807) is 0 Å². The lowest BCUT2D eigenvalue weighted by Crippen LogP contribution is -2.31. The van der Waals surface area contributed by atoms with Crippen molar-refractivity contribution in [2.45, 2.75) is 19.8 Å². The molecule has 1 aromatic heterocycles. The molecule has 0 spiro atoms. The Bertz CT molecular complexity index is 466. The van der Waals surface area contributed by atoms with Crippen LogP contribution >= 0.6 is 23.2 Å². The maximum Gasteiger partial charge on any atom is 0.252 e. The van der Waals surface area contributed by atoms with Crippen LogP contribution < -0.4 is 10.6 Å². The number of halogens is 2. The molecule has 0 radical (unpaired) electrons. The Labute approximate surface area is 121 Å². The molecule has 0 aliphatic rings. The van der Waals surface area contributed by atoms with Gasteiger partial charge in [0.2, 0.25) is 5.91 Å². The van der Waals surface area contributed by atoms with Gasteiger partial charge in [0.1, 0.15) is 5.15 Å². The third kappa shape index (κ3) is 5.44.